The number of benzene rings is 1. The molecule has 0 radical (unpaired) electrons. The lowest BCUT2D eigenvalue weighted by Crippen LogP contribution is -2.27. The molecule has 0 bridgehead atoms. The molecule has 0 aliphatic rings. The van der Waals surface area contributed by atoms with Crippen molar-refractivity contribution < 1.29 is 0 Å². The minimum Gasteiger partial charge on any atom is -0.398 e. The lowest BCUT2D eigenvalue weighted by atomic mass is 10.1. The van der Waals surface area contributed by atoms with Gasteiger partial charge in [-0.2, -0.15) is 0 Å². The normalized spacial score (nSPS) is 11.2. The molecule has 1 aromatic heterocycles. The molecule has 2 N–H and O–H groups in total. The minimum absolute atomic E-state index is 0.793. The van der Waals surface area contributed by atoms with Crippen LogP contribution in [0.4, 0.5) is 11.4 Å². The van der Waals surface area contributed by atoms with Gasteiger partial charge in [0.25, 0.3) is 0 Å². The number of rotatable bonds is 6. The summed E-state index contributed by atoms with van der Waals surface area (Å²) in [5.41, 5.74) is 8.08. The van der Waals surface area contributed by atoms with Crippen LogP contribution in [-0.2, 0) is 0 Å². The van der Waals surface area contributed by atoms with Crippen LogP contribution < -0.4 is 10.6 Å². The molecule has 1 aromatic carbocycles. The van der Waals surface area contributed by atoms with Gasteiger partial charge >= 0.3 is 0 Å². The zero-order valence-corrected chi connectivity index (χ0v) is 12.6. The van der Waals surface area contributed by atoms with Crippen molar-refractivity contribution in [3.8, 4) is 0 Å². The number of nitrogens with zero attached hydrogens (tertiary/aromatic N) is 3. The zero-order valence-electron chi connectivity index (χ0n) is 12.6. The number of pyridine rings is 1. The number of hydrogen-bond donors (Lipinski definition) is 1. The van der Waals surface area contributed by atoms with Crippen LogP contribution in [-0.4, -0.2) is 43.6 Å². The van der Waals surface area contributed by atoms with E-state index in [1.165, 1.54) is 11.1 Å². The van der Waals surface area contributed by atoms with Gasteiger partial charge in [-0.25, -0.2) is 0 Å². The van der Waals surface area contributed by atoms with E-state index < -0.39 is 0 Å². The summed E-state index contributed by atoms with van der Waals surface area (Å²) in [6, 6.07) is 6.15. The van der Waals surface area contributed by atoms with Crippen LogP contribution in [0.2, 0.25) is 0 Å². The second kappa shape index (κ2) is 6.57. The van der Waals surface area contributed by atoms with Crippen LogP contribution in [0.15, 0.2) is 30.6 Å². The predicted molar refractivity (Wildman–Crippen MR) is 87.2 cm³/mol. The number of hydrogen-bond acceptors (Lipinski definition) is 4. The van der Waals surface area contributed by atoms with Crippen molar-refractivity contribution in [1.82, 2.24) is 9.88 Å². The molecule has 0 saturated heterocycles. The van der Waals surface area contributed by atoms with Crippen LogP contribution in [0.3, 0.4) is 0 Å². The first-order valence-electron chi connectivity index (χ1n) is 7.15. The van der Waals surface area contributed by atoms with E-state index in [-0.39, 0.29) is 0 Å². The van der Waals surface area contributed by atoms with Crippen LogP contribution in [0.5, 0.6) is 0 Å². The molecule has 2 rings (SSSR count). The van der Waals surface area contributed by atoms with Crippen LogP contribution in [0.25, 0.3) is 10.8 Å². The summed E-state index contributed by atoms with van der Waals surface area (Å²) in [6.07, 6.45) is 4.83. The summed E-state index contributed by atoms with van der Waals surface area (Å²) in [6.45, 7) is 5.34. The number of anilines is 2. The number of nitrogens with two attached hydrogens (primary N) is 1. The van der Waals surface area contributed by atoms with E-state index in [0.717, 1.165) is 37.1 Å². The maximum Gasteiger partial charge on any atom is 0.0448 e. The first kappa shape index (κ1) is 14.6. The maximum atomic E-state index is 6.04. The number of nitrogen functional groups attached to an aromatic ring is 1. The van der Waals surface area contributed by atoms with Gasteiger partial charge in [0.1, 0.15) is 0 Å². The van der Waals surface area contributed by atoms with Gasteiger partial charge in [0.05, 0.1) is 0 Å². The number of fused-ring (bicyclic) bond motifs is 1. The maximum absolute atomic E-state index is 6.04. The van der Waals surface area contributed by atoms with Crippen molar-refractivity contribution >= 4 is 22.1 Å². The predicted octanol–water partition coefficient (Wildman–Crippen LogP) is 2.60. The molecule has 108 valence electrons. The fraction of sp³-hybridized carbons (Fsp3) is 0.438. The van der Waals surface area contributed by atoms with Crippen molar-refractivity contribution in [2.75, 3.05) is 44.4 Å². The first-order valence-corrected chi connectivity index (χ1v) is 7.15. The Morgan fingerprint density at radius 1 is 1.10 bits per heavy atom. The average molecular weight is 272 g/mol. The molecule has 20 heavy (non-hydrogen) atoms. The Kier molecular flexibility index (Phi) is 4.79. The van der Waals surface area contributed by atoms with Crippen molar-refractivity contribution in [3.05, 3.63) is 30.6 Å². The Balaban J connectivity index is 2.28. The molecular weight excluding hydrogens is 248 g/mol. The second-order valence-electron chi connectivity index (χ2n) is 5.33. The van der Waals surface area contributed by atoms with Gasteiger partial charge in [-0.3, -0.25) is 4.98 Å². The van der Waals surface area contributed by atoms with Gasteiger partial charge in [-0.1, -0.05) is 0 Å². The lowest BCUT2D eigenvalue weighted by Gasteiger charge is -2.25. The summed E-state index contributed by atoms with van der Waals surface area (Å²) in [7, 11) is 4.22. The van der Waals surface area contributed by atoms with E-state index in [0.29, 0.717) is 0 Å². The quantitative estimate of drug-likeness (QED) is 0.821. The van der Waals surface area contributed by atoms with Gasteiger partial charge in [0.15, 0.2) is 0 Å². The molecule has 0 aliphatic carbocycles. The summed E-state index contributed by atoms with van der Waals surface area (Å²) in [5, 5.41) is 2.22. The van der Waals surface area contributed by atoms with Gasteiger partial charge < -0.3 is 15.5 Å². The Bertz CT molecular complexity index is 565. The molecule has 0 spiro atoms. The number of aromatic nitrogens is 1. The monoisotopic (exact) mass is 272 g/mol. The standard InChI is InChI=1S/C16H24N4/c1-4-20(11-5-10-19(2)3)16-7-6-15(17)14-12-18-9-8-13(14)16/h6-9,12H,4-5,10-11,17H2,1-3H3. The van der Waals surface area contributed by atoms with Crippen molar-refractivity contribution in [2.45, 2.75) is 13.3 Å². The third-order valence-corrected chi connectivity index (χ3v) is 3.58. The third-order valence-electron chi connectivity index (χ3n) is 3.58. The van der Waals surface area contributed by atoms with Crippen molar-refractivity contribution in [3.63, 3.8) is 0 Å². The van der Waals surface area contributed by atoms with Crippen molar-refractivity contribution in [2.24, 2.45) is 0 Å². The Labute approximate surface area is 121 Å². The fourth-order valence-electron chi connectivity index (χ4n) is 2.50. The van der Waals surface area contributed by atoms with E-state index in [9.17, 15) is 0 Å². The van der Waals surface area contributed by atoms with E-state index >= 15 is 0 Å². The highest BCUT2D eigenvalue weighted by atomic mass is 15.1. The van der Waals surface area contributed by atoms with E-state index in [4.69, 9.17) is 5.73 Å². The molecule has 0 atom stereocenters. The molecule has 0 saturated carbocycles. The smallest absolute Gasteiger partial charge is 0.0448 e. The van der Waals surface area contributed by atoms with Gasteiger partial charge in [-0.05, 0) is 52.2 Å². The Morgan fingerprint density at radius 3 is 2.60 bits per heavy atom. The van der Waals surface area contributed by atoms with E-state index in [2.05, 4.69) is 47.9 Å². The molecule has 0 aliphatic heterocycles. The molecule has 0 unspecified atom stereocenters. The topological polar surface area (TPSA) is 45.4 Å². The SMILES string of the molecule is CCN(CCCN(C)C)c1ccc(N)c2cnccc12. The molecule has 4 nitrogen and oxygen atoms in total. The molecule has 1 heterocycles. The second-order valence-corrected chi connectivity index (χ2v) is 5.33. The molecule has 2 aromatic rings. The average Bonchev–Trinajstić information content (AvgIpc) is 2.45. The zero-order chi connectivity index (χ0) is 14.5. The summed E-state index contributed by atoms with van der Waals surface area (Å²) < 4.78 is 0. The van der Waals surface area contributed by atoms with Crippen LogP contribution in [0.1, 0.15) is 13.3 Å². The highest BCUT2D eigenvalue weighted by Crippen LogP contribution is 2.30. The van der Waals surface area contributed by atoms with Crippen LogP contribution >= 0.6 is 0 Å². The van der Waals surface area contributed by atoms with Gasteiger partial charge in [0, 0.05) is 47.6 Å². The van der Waals surface area contributed by atoms with E-state index in [1.807, 2.05) is 18.5 Å². The van der Waals surface area contributed by atoms with Crippen LogP contribution in [0, 0.1) is 0 Å². The lowest BCUT2D eigenvalue weighted by molar-refractivity contribution is 0.401. The summed E-state index contributed by atoms with van der Waals surface area (Å²) in [5.74, 6) is 0. The third kappa shape index (κ3) is 3.20. The Hall–Kier alpha value is -1.81. The fourth-order valence-corrected chi connectivity index (χ4v) is 2.50. The highest BCUT2D eigenvalue weighted by molar-refractivity contribution is 6.00. The molecular formula is C16H24N4. The molecule has 0 amide bonds. The highest BCUT2D eigenvalue weighted by Gasteiger charge is 2.10. The van der Waals surface area contributed by atoms with Gasteiger partial charge in [0.2, 0.25) is 0 Å². The van der Waals surface area contributed by atoms with E-state index in [1.54, 1.807) is 0 Å². The largest absolute Gasteiger partial charge is 0.398 e. The molecule has 4 heteroatoms. The van der Waals surface area contributed by atoms with Crippen molar-refractivity contribution in [1.29, 1.82) is 0 Å². The summed E-state index contributed by atoms with van der Waals surface area (Å²) in [4.78, 5) is 8.81. The van der Waals surface area contributed by atoms with Gasteiger partial charge in [-0.15, -0.1) is 0 Å². The summed E-state index contributed by atoms with van der Waals surface area (Å²) >= 11 is 0. The first-order chi connectivity index (χ1) is 9.63. The minimum atomic E-state index is 0.793. The Morgan fingerprint density at radius 2 is 1.90 bits per heavy atom. The molecule has 0 fully saturated rings.